The van der Waals surface area contributed by atoms with Crippen molar-refractivity contribution in [3.8, 4) is 0 Å². The van der Waals surface area contributed by atoms with E-state index in [0.29, 0.717) is 5.69 Å². The average Bonchev–Trinajstić information content (AvgIpc) is 2.93. The van der Waals surface area contributed by atoms with Crippen molar-refractivity contribution in [3.63, 3.8) is 0 Å². The summed E-state index contributed by atoms with van der Waals surface area (Å²) in [7, 11) is 0. The van der Waals surface area contributed by atoms with Crippen molar-refractivity contribution in [1.29, 1.82) is 0 Å². The Labute approximate surface area is 125 Å². The van der Waals surface area contributed by atoms with Crippen LogP contribution in [-0.2, 0) is 12.0 Å². The van der Waals surface area contributed by atoms with Crippen LogP contribution in [0.3, 0.4) is 0 Å². The monoisotopic (exact) mass is 283 g/mol. The predicted octanol–water partition coefficient (Wildman–Crippen LogP) is 3.17. The van der Waals surface area contributed by atoms with Gasteiger partial charge in [0.05, 0.1) is 5.54 Å². The van der Waals surface area contributed by atoms with E-state index in [-0.39, 0.29) is 11.4 Å². The molecule has 4 heteroatoms. The summed E-state index contributed by atoms with van der Waals surface area (Å²) in [5.41, 5.74) is 2.49. The van der Waals surface area contributed by atoms with E-state index in [4.69, 9.17) is 0 Å². The molecule has 1 aliphatic rings. The molecule has 21 heavy (non-hydrogen) atoms. The molecule has 2 aromatic rings. The zero-order chi connectivity index (χ0) is 14.7. The number of rotatable bonds is 5. The number of nitrogens with one attached hydrogen (secondary N) is 2. The molecule has 4 nitrogen and oxygen atoms in total. The van der Waals surface area contributed by atoms with E-state index in [9.17, 15) is 4.79 Å². The first-order valence-electron chi connectivity index (χ1n) is 7.66. The van der Waals surface area contributed by atoms with E-state index in [2.05, 4.69) is 34.6 Å². The topological polar surface area (TPSA) is 57.8 Å². The largest absolute Gasteiger partial charge is 0.341 e. The molecule has 1 heterocycles. The molecule has 3 rings (SSSR count). The Bertz CT molecular complexity index is 614. The summed E-state index contributed by atoms with van der Waals surface area (Å²) >= 11 is 0. The highest BCUT2D eigenvalue weighted by Crippen LogP contribution is 2.41. The molecule has 110 valence electrons. The summed E-state index contributed by atoms with van der Waals surface area (Å²) in [6.07, 6.45) is 5.10. The number of aromatic nitrogens is 2. The third-order valence-electron chi connectivity index (χ3n) is 4.27. The quantitative estimate of drug-likeness (QED) is 0.885. The summed E-state index contributed by atoms with van der Waals surface area (Å²) < 4.78 is 0. The van der Waals surface area contributed by atoms with Gasteiger partial charge in [-0.15, -0.1) is 0 Å². The number of hydrogen-bond acceptors (Lipinski definition) is 2. The standard InChI is InChI=1S/C17H21N3O/c1-2-7-14-12-15(20-19-14)16(21)18-17(10-6-11-17)13-8-4-3-5-9-13/h3-5,8-9,12H,2,6-7,10-11H2,1H3,(H,18,21)(H,19,20). The van der Waals surface area contributed by atoms with E-state index in [1.807, 2.05) is 24.3 Å². The molecule has 1 aliphatic carbocycles. The van der Waals surface area contributed by atoms with E-state index >= 15 is 0 Å². The number of benzene rings is 1. The van der Waals surface area contributed by atoms with Crippen molar-refractivity contribution in [2.45, 2.75) is 44.6 Å². The molecule has 0 spiro atoms. The van der Waals surface area contributed by atoms with Crippen LogP contribution >= 0.6 is 0 Å². The van der Waals surface area contributed by atoms with Gasteiger partial charge in [-0.25, -0.2) is 0 Å². The van der Waals surface area contributed by atoms with Crippen LogP contribution in [0.2, 0.25) is 0 Å². The molecular formula is C17H21N3O. The third-order valence-corrected chi connectivity index (χ3v) is 4.27. The van der Waals surface area contributed by atoms with Gasteiger partial charge in [0.25, 0.3) is 5.91 Å². The molecule has 0 bridgehead atoms. The van der Waals surface area contributed by atoms with Crippen LogP contribution in [0, 0.1) is 0 Å². The zero-order valence-electron chi connectivity index (χ0n) is 12.4. The maximum atomic E-state index is 12.5. The first kappa shape index (κ1) is 13.9. The SMILES string of the molecule is CCCc1cc(C(=O)NC2(c3ccccc3)CCC2)n[nH]1. The number of aryl methyl sites for hydroxylation is 1. The number of aromatic amines is 1. The van der Waals surface area contributed by atoms with Crippen LogP contribution in [0.15, 0.2) is 36.4 Å². The molecule has 1 fully saturated rings. The second-order valence-corrected chi connectivity index (χ2v) is 5.78. The minimum absolute atomic E-state index is 0.0860. The Hall–Kier alpha value is -2.10. The van der Waals surface area contributed by atoms with Gasteiger partial charge in [-0.1, -0.05) is 43.7 Å². The highest BCUT2D eigenvalue weighted by molar-refractivity contribution is 5.93. The zero-order valence-corrected chi connectivity index (χ0v) is 12.4. The minimum Gasteiger partial charge on any atom is -0.341 e. The molecular weight excluding hydrogens is 262 g/mol. The summed E-state index contributed by atoms with van der Waals surface area (Å²) in [6, 6.07) is 12.1. The molecule has 2 N–H and O–H groups in total. The van der Waals surface area contributed by atoms with Crippen LogP contribution < -0.4 is 5.32 Å². The maximum absolute atomic E-state index is 12.5. The van der Waals surface area contributed by atoms with Gasteiger partial charge in [0, 0.05) is 5.69 Å². The molecule has 0 radical (unpaired) electrons. The van der Waals surface area contributed by atoms with Crippen molar-refractivity contribution in [2.24, 2.45) is 0 Å². The Balaban J connectivity index is 1.76. The first-order valence-corrected chi connectivity index (χ1v) is 7.66. The van der Waals surface area contributed by atoms with Crippen LogP contribution in [0.5, 0.6) is 0 Å². The van der Waals surface area contributed by atoms with Crippen LogP contribution in [-0.4, -0.2) is 16.1 Å². The number of carbonyl (C=O) groups is 1. The lowest BCUT2D eigenvalue weighted by molar-refractivity contribution is 0.0818. The lowest BCUT2D eigenvalue weighted by Crippen LogP contribution is -2.50. The molecule has 1 aromatic heterocycles. The van der Waals surface area contributed by atoms with Gasteiger partial charge in [-0.05, 0) is 37.3 Å². The van der Waals surface area contributed by atoms with Gasteiger partial charge in [0.1, 0.15) is 5.69 Å². The Morgan fingerprint density at radius 3 is 2.71 bits per heavy atom. The molecule has 1 amide bonds. The van der Waals surface area contributed by atoms with Gasteiger partial charge in [-0.3, -0.25) is 9.89 Å². The fourth-order valence-corrected chi connectivity index (χ4v) is 2.93. The molecule has 0 aliphatic heterocycles. The Morgan fingerprint density at radius 1 is 1.33 bits per heavy atom. The Kier molecular flexibility index (Phi) is 3.78. The van der Waals surface area contributed by atoms with Crippen LogP contribution in [0.4, 0.5) is 0 Å². The molecule has 1 aromatic carbocycles. The van der Waals surface area contributed by atoms with Crippen LogP contribution in [0.1, 0.15) is 54.4 Å². The normalized spacial score (nSPS) is 16.2. The number of hydrogen-bond donors (Lipinski definition) is 2. The second-order valence-electron chi connectivity index (χ2n) is 5.78. The van der Waals surface area contributed by atoms with Gasteiger partial charge in [-0.2, -0.15) is 5.10 Å². The minimum atomic E-state index is -0.206. The number of amides is 1. The van der Waals surface area contributed by atoms with Crippen molar-refractivity contribution in [1.82, 2.24) is 15.5 Å². The highest BCUT2D eigenvalue weighted by atomic mass is 16.2. The second kappa shape index (κ2) is 5.72. The number of H-pyrrole nitrogens is 1. The summed E-state index contributed by atoms with van der Waals surface area (Å²) in [5, 5.41) is 10.3. The number of nitrogens with zero attached hydrogens (tertiary/aromatic N) is 1. The fraction of sp³-hybridized carbons (Fsp3) is 0.412. The first-order chi connectivity index (χ1) is 10.2. The van der Waals surface area contributed by atoms with Crippen molar-refractivity contribution in [3.05, 3.63) is 53.3 Å². The highest BCUT2D eigenvalue weighted by Gasteiger charge is 2.40. The van der Waals surface area contributed by atoms with Gasteiger partial charge >= 0.3 is 0 Å². The third kappa shape index (κ3) is 2.71. The Morgan fingerprint density at radius 2 is 2.10 bits per heavy atom. The van der Waals surface area contributed by atoms with Crippen molar-refractivity contribution < 1.29 is 4.79 Å². The van der Waals surface area contributed by atoms with E-state index < -0.39 is 0 Å². The summed E-state index contributed by atoms with van der Waals surface area (Å²) in [5.74, 6) is -0.0860. The van der Waals surface area contributed by atoms with E-state index in [1.165, 1.54) is 5.56 Å². The van der Waals surface area contributed by atoms with Crippen molar-refractivity contribution >= 4 is 5.91 Å². The van der Waals surface area contributed by atoms with E-state index in [1.54, 1.807) is 0 Å². The summed E-state index contributed by atoms with van der Waals surface area (Å²) in [6.45, 7) is 2.11. The molecule has 0 atom stereocenters. The molecule has 0 unspecified atom stereocenters. The van der Waals surface area contributed by atoms with Gasteiger partial charge in [0.15, 0.2) is 0 Å². The molecule has 0 saturated heterocycles. The van der Waals surface area contributed by atoms with Gasteiger partial charge < -0.3 is 5.32 Å². The average molecular weight is 283 g/mol. The van der Waals surface area contributed by atoms with Crippen molar-refractivity contribution in [2.75, 3.05) is 0 Å². The lowest BCUT2D eigenvalue weighted by atomic mass is 9.71. The predicted molar refractivity (Wildman–Crippen MR) is 82.0 cm³/mol. The number of carbonyl (C=O) groups excluding carboxylic acids is 1. The smallest absolute Gasteiger partial charge is 0.272 e. The maximum Gasteiger partial charge on any atom is 0.272 e. The lowest BCUT2D eigenvalue weighted by Gasteiger charge is -2.43. The fourth-order valence-electron chi connectivity index (χ4n) is 2.93. The molecule has 1 saturated carbocycles. The summed E-state index contributed by atoms with van der Waals surface area (Å²) in [4.78, 5) is 12.5. The van der Waals surface area contributed by atoms with E-state index in [0.717, 1.165) is 37.8 Å². The van der Waals surface area contributed by atoms with Crippen LogP contribution in [0.25, 0.3) is 0 Å². The van der Waals surface area contributed by atoms with Gasteiger partial charge in [0.2, 0.25) is 0 Å².